The van der Waals surface area contributed by atoms with Gasteiger partial charge in [0.2, 0.25) is 0 Å². The molecule has 2 aromatic rings. The first kappa shape index (κ1) is 15.1. The van der Waals surface area contributed by atoms with E-state index in [0.29, 0.717) is 5.56 Å². The van der Waals surface area contributed by atoms with Gasteiger partial charge in [-0.25, -0.2) is 17.9 Å². The predicted molar refractivity (Wildman–Crippen MR) is 74.5 cm³/mol. The second-order valence-electron chi connectivity index (χ2n) is 4.29. The van der Waals surface area contributed by atoms with Crippen molar-refractivity contribution in [2.24, 2.45) is 0 Å². The van der Waals surface area contributed by atoms with Gasteiger partial charge in [0.25, 0.3) is 0 Å². The van der Waals surface area contributed by atoms with Crippen molar-refractivity contribution < 1.29 is 18.3 Å². The lowest BCUT2D eigenvalue weighted by Gasteiger charge is -2.07. The van der Waals surface area contributed by atoms with E-state index in [1.54, 1.807) is 25.3 Å². The average Bonchev–Trinajstić information content (AvgIpc) is 2.90. The standard InChI is InChI=1S/C12H14N4O4S/c1-2-21(19,20)7-6-16-11(9-4-3-5-13-8-9)10(12(17)18)14-15-16/h3-5,8H,2,6-7H2,1H3,(H,17,18). The van der Waals surface area contributed by atoms with Gasteiger partial charge in [-0.2, -0.15) is 0 Å². The molecular weight excluding hydrogens is 296 g/mol. The van der Waals surface area contributed by atoms with Gasteiger partial charge in [0.1, 0.15) is 5.69 Å². The number of rotatable bonds is 6. The molecule has 0 aliphatic heterocycles. The van der Waals surface area contributed by atoms with E-state index in [1.165, 1.54) is 10.9 Å². The lowest BCUT2D eigenvalue weighted by molar-refractivity contribution is 0.0691. The Bertz CT molecular complexity index is 740. The summed E-state index contributed by atoms with van der Waals surface area (Å²) in [5, 5.41) is 16.5. The summed E-state index contributed by atoms with van der Waals surface area (Å²) in [6, 6.07) is 3.32. The van der Waals surface area contributed by atoms with Gasteiger partial charge in [0.15, 0.2) is 15.5 Å². The van der Waals surface area contributed by atoms with E-state index < -0.39 is 15.8 Å². The number of aromatic carboxylic acids is 1. The lowest BCUT2D eigenvalue weighted by Crippen LogP contribution is -2.16. The zero-order valence-electron chi connectivity index (χ0n) is 11.3. The van der Waals surface area contributed by atoms with E-state index in [4.69, 9.17) is 5.11 Å². The van der Waals surface area contributed by atoms with E-state index in [2.05, 4.69) is 15.3 Å². The highest BCUT2D eigenvalue weighted by Crippen LogP contribution is 2.21. The maximum Gasteiger partial charge on any atom is 0.358 e. The van der Waals surface area contributed by atoms with Crippen LogP contribution in [0.1, 0.15) is 17.4 Å². The molecule has 0 bridgehead atoms. The van der Waals surface area contributed by atoms with Crippen LogP contribution in [-0.4, -0.2) is 51.0 Å². The quantitative estimate of drug-likeness (QED) is 0.824. The number of pyridine rings is 1. The summed E-state index contributed by atoms with van der Waals surface area (Å²) in [7, 11) is -3.18. The second-order valence-corrected chi connectivity index (χ2v) is 6.77. The van der Waals surface area contributed by atoms with Crippen LogP contribution in [0.2, 0.25) is 0 Å². The number of aromatic nitrogens is 4. The Hall–Kier alpha value is -2.29. The third kappa shape index (κ3) is 3.43. The Morgan fingerprint density at radius 1 is 1.43 bits per heavy atom. The van der Waals surface area contributed by atoms with Crippen molar-refractivity contribution in [1.29, 1.82) is 0 Å². The molecule has 2 rings (SSSR count). The Labute approximate surface area is 121 Å². The van der Waals surface area contributed by atoms with Crippen LogP contribution in [0.25, 0.3) is 11.3 Å². The molecule has 112 valence electrons. The fourth-order valence-electron chi connectivity index (χ4n) is 1.77. The van der Waals surface area contributed by atoms with E-state index in [-0.39, 0.29) is 29.4 Å². The van der Waals surface area contributed by atoms with Crippen LogP contribution < -0.4 is 0 Å². The normalized spacial score (nSPS) is 11.5. The van der Waals surface area contributed by atoms with E-state index in [1.807, 2.05) is 0 Å². The number of hydrogen-bond acceptors (Lipinski definition) is 6. The largest absolute Gasteiger partial charge is 0.476 e. The van der Waals surface area contributed by atoms with Crippen LogP contribution in [-0.2, 0) is 16.4 Å². The molecule has 9 heteroatoms. The molecule has 0 amide bonds. The molecule has 21 heavy (non-hydrogen) atoms. The van der Waals surface area contributed by atoms with Crippen molar-refractivity contribution in [1.82, 2.24) is 20.0 Å². The number of aryl methyl sites for hydroxylation is 1. The minimum atomic E-state index is -3.18. The zero-order valence-corrected chi connectivity index (χ0v) is 12.1. The molecule has 8 nitrogen and oxygen atoms in total. The molecule has 0 saturated heterocycles. The molecule has 0 saturated carbocycles. The molecule has 0 unspecified atom stereocenters. The first-order valence-corrected chi connectivity index (χ1v) is 8.04. The summed E-state index contributed by atoms with van der Waals surface area (Å²) >= 11 is 0. The first-order valence-electron chi connectivity index (χ1n) is 6.22. The second kappa shape index (κ2) is 6.00. The third-order valence-electron chi connectivity index (χ3n) is 2.93. The van der Waals surface area contributed by atoms with Crippen LogP contribution in [0, 0.1) is 0 Å². The molecule has 2 heterocycles. The Kier molecular flexibility index (Phi) is 4.32. The predicted octanol–water partition coefficient (Wildman–Crippen LogP) is 0.473. The zero-order chi connectivity index (χ0) is 15.5. The van der Waals surface area contributed by atoms with Gasteiger partial charge >= 0.3 is 5.97 Å². The van der Waals surface area contributed by atoms with Crippen molar-refractivity contribution in [3.8, 4) is 11.3 Å². The smallest absolute Gasteiger partial charge is 0.358 e. The van der Waals surface area contributed by atoms with Crippen LogP contribution >= 0.6 is 0 Å². The molecule has 1 N–H and O–H groups in total. The molecule has 0 atom stereocenters. The van der Waals surface area contributed by atoms with Gasteiger partial charge in [-0.15, -0.1) is 5.10 Å². The maximum absolute atomic E-state index is 11.6. The van der Waals surface area contributed by atoms with Crippen LogP contribution in [0.15, 0.2) is 24.5 Å². The summed E-state index contributed by atoms with van der Waals surface area (Å²) in [5.74, 6) is -1.33. The number of carboxylic acid groups (broad SMARTS) is 1. The fourth-order valence-corrected chi connectivity index (χ4v) is 2.51. The van der Waals surface area contributed by atoms with Crippen LogP contribution in [0.3, 0.4) is 0 Å². The van der Waals surface area contributed by atoms with E-state index >= 15 is 0 Å². The number of sulfone groups is 1. The molecule has 2 aromatic heterocycles. The summed E-state index contributed by atoms with van der Waals surface area (Å²) in [4.78, 5) is 15.1. The Balaban J connectivity index is 2.41. The SMILES string of the molecule is CCS(=O)(=O)CCn1nnc(C(=O)O)c1-c1cccnc1. The van der Waals surface area contributed by atoms with Gasteiger partial charge < -0.3 is 5.11 Å². The third-order valence-corrected chi connectivity index (χ3v) is 4.61. The number of carboxylic acids is 1. The highest BCUT2D eigenvalue weighted by atomic mass is 32.2. The maximum atomic E-state index is 11.6. The molecular formula is C12H14N4O4S. The van der Waals surface area contributed by atoms with Gasteiger partial charge in [-0.05, 0) is 12.1 Å². The summed E-state index contributed by atoms with van der Waals surface area (Å²) < 4.78 is 24.4. The lowest BCUT2D eigenvalue weighted by atomic mass is 10.1. The molecule has 0 aromatic carbocycles. The highest BCUT2D eigenvalue weighted by Gasteiger charge is 2.21. The van der Waals surface area contributed by atoms with Gasteiger partial charge in [0.05, 0.1) is 12.3 Å². The van der Waals surface area contributed by atoms with Crippen molar-refractivity contribution in [3.63, 3.8) is 0 Å². The van der Waals surface area contributed by atoms with Crippen molar-refractivity contribution >= 4 is 15.8 Å². The minimum Gasteiger partial charge on any atom is -0.476 e. The Morgan fingerprint density at radius 2 is 2.19 bits per heavy atom. The molecule has 0 aliphatic rings. The van der Waals surface area contributed by atoms with Gasteiger partial charge in [0, 0.05) is 23.7 Å². The molecule has 0 spiro atoms. The first-order chi connectivity index (χ1) is 9.94. The average molecular weight is 310 g/mol. The monoisotopic (exact) mass is 310 g/mol. The highest BCUT2D eigenvalue weighted by molar-refractivity contribution is 7.91. The summed E-state index contributed by atoms with van der Waals surface area (Å²) in [6.07, 6.45) is 3.04. The van der Waals surface area contributed by atoms with Crippen molar-refractivity contribution in [2.45, 2.75) is 13.5 Å². The molecule has 0 fully saturated rings. The number of hydrogen-bond donors (Lipinski definition) is 1. The number of carbonyl (C=O) groups is 1. The van der Waals surface area contributed by atoms with Crippen LogP contribution in [0.5, 0.6) is 0 Å². The minimum absolute atomic E-state index is 0.0235. The Morgan fingerprint density at radius 3 is 2.76 bits per heavy atom. The van der Waals surface area contributed by atoms with Gasteiger partial charge in [-0.3, -0.25) is 4.98 Å². The summed E-state index contributed by atoms with van der Waals surface area (Å²) in [5.41, 5.74) is 0.549. The van der Waals surface area contributed by atoms with E-state index in [0.717, 1.165) is 0 Å². The topological polar surface area (TPSA) is 115 Å². The molecule has 0 radical (unpaired) electrons. The fraction of sp³-hybridized carbons (Fsp3) is 0.333. The van der Waals surface area contributed by atoms with Crippen molar-refractivity contribution in [2.75, 3.05) is 11.5 Å². The molecule has 0 aliphatic carbocycles. The van der Waals surface area contributed by atoms with E-state index in [9.17, 15) is 13.2 Å². The van der Waals surface area contributed by atoms with Crippen LogP contribution in [0.4, 0.5) is 0 Å². The van der Waals surface area contributed by atoms with Gasteiger partial charge in [-0.1, -0.05) is 12.1 Å². The summed E-state index contributed by atoms with van der Waals surface area (Å²) in [6.45, 7) is 1.60. The number of nitrogens with zero attached hydrogens (tertiary/aromatic N) is 4. The van der Waals surface area contributed by atoms with Crippen molar-refractivity contribution in [3.05, 3.63) is 30.2 Å².